The van der Waals surface area contributed by atoms with E-state index in [0.717, 1.165) is 57.9 Å². The number of halogens is 2. The average molecular weight is 347 g/mol. The van der Waals surface area contributed by atoms with Crippen molar-refractivity contribution in [2.75, 3.05) is 46.0 Å². The zero-order valence-corrected chi connectivity index (χ0v) is 14.6. The maximum Gasteiger partial charge on any atom is 0.156 e. The van der Waals surface area contributed by atoms with Gasteiger partial charge < -0.3 is 14.8 Å². The average Bonchev–Trinajstić information content (AvgIpc) is 2.52. The van der Waals surface area contributed by atoms with Crippen LogP contribution in [0, 0.1) is 0 Å². The van der Waals surface area contributed by atoms with Crippen molar-refractivity contribution in [2.24, 2.45) is 0 Å². The van der Waals surface area contributed by atoms with Crippen molar-refractivity contribution in [3.63, 3.8) is 0 Å². The van der Waals surface area contributed by atoms with Crippen molar-refractivity contribution in [2.45, 2.75) is 19.9 Å². The zero-order valence-electron chi connectivity index (χ0n) is 13.0. The molecule has 2 rings (SSSR count). The van der Waals surface area contributed by atoms with Crippen LogP contribution in [0.15, 0.2) is 12.1 Å². The Bertz CT molecular complexity index is 442. The van der Waals surface area contributed by atoms with Gasteiger partial charge in [0.25, 0.3) is 0 Å². The van der Waals surface area contributed by atoms with Crippen molar-refractivity contribution in [3.8, 4) is 5.75 Å². The fraction of sp³-hybridized carbons (Fsp3) is 0.625. The van der Waals surface area contributed by atoms with Crippen LogP contribution in [-0.4, -0.2) is 50.9 Å². The van der Waals surface area contributed by atoms with Crippen molar-refractivity contribution in [1.29, 1.82) is 0 Å². The van der Waals surface area contributed by atoms with Gasteiger partial charge in [-0.1, -0.05) is 23.2 Å². The molecule has 1 aliphatic rings. The molecule has 0 aliphatic carbocycles. The Balaban J connectivity index is 1.70. The van der Waals surface area contributed by atoms with E-state index in [-0.39, 0.29) is 0 Å². The highest BCUT2D eigenvalue weighted by Gasteiger charge is 2.10. The highest BCUT2D eigenvalue weighted by molar-refractivity contribution is 6.37. The van der Waals surface area contributed by atoms with Crippen molar-refractivity contribution < 1.29 is 9.47 Å². The molecule has 1 saturated heterocycles. The fourth-order valence-corrected chi connectivity index (χ4v) is 3.12. The minimum absolute atomic E-state index is 0.554. The smallest absolute Gasteiger partial charge is 0.156 e. The van der Waals surface area contributed by atoms with Crippen LogP contribution in [0.3, 0.4) is 0 Å². The fourth-order valence-electron chi connectivity index (χ4n) is 2.48. The number of hydrogen-bond donors (Lipinski definition) is 1. The quantitative estimate of drug-likeness (QED) is 0.733. The molecule has 1 aromatic carbocycles. The molecule has 0 atom stereocenters. The lowest BCUT2D eigenvalue weighted by Gasteiger charge is -2.26. The van der Waals surface area contributed by atoms with E-state index in [1.165, 1.54) is 0 Å². The minimum Gasteiger partial charge on any atom is -0.491 e. The number of ether oxygens (including phenoxy) is 2. The Morgan fingerprint density at radius 3 is 2.55 bits per heavy atom. The molecule has 4 nitrogen and oxygen atoms in total. The SMILES string of the molecule is CCOc1c(Cl)cc(CNCCCN2CCOCC2)cc1Cl. The van der Waals surface area contributed by atoms with Crippen LogP contribution in [0.1, 0.15) is 18.9 Å². The lowest BCUT2D eigenvalue weighted by atomic mass is 10.2. The molecule has 0 saturated carbocycles. The molecule has 124 valence electrons. The zero-order chi connectivity index (χ0) is 15.8. The standard InChI is InChI=1S/C16H24Cl2N2O2/c1-2-22-16-14(17)10-13(11-15(16)18)12-19-4-3-5-20-6-8-21-9-7-20/h10-11,19H,2-9,12H2,1H3. The van der Waals surface area contributed by atoms with Crippen molar-refractivity contribution in [3.05, 3.63) is 27.7 Å². The summed E-state index contributed by atoms with van der Waals surface area (Å²) in [5.74, 6) is 0.571. The first-order valence-corrected chi connectivity index (χ1v) is 8.58. The highest BCUT2D eigenvalue weighted by Crippen LogP contribution is 2.34. The summed E-state index contributed by atoms with van der Waals surface area (Å²) < 4.78 is 10.8. The summed E-state index contributed by atoms with van der Waals surface area (Å²) in [5.41, 5.74) is 1.07. The van der Waals surface area contributed by atoms with Crippen LogP contribution in [0.5, 0.6) is 5.75 Å². The van der Waals surface area contributed by atoms with Crippen LogP contribution in [0.2, 0.25) is 10.0 Å². The van der Waals surface area contributed by atoms with Crippen molar-refractivity contribution >= 4 is 23.2 Å². The lowest BCUT2D eigenvalue weighted by molar-refractivity contribution is 0.0374. The predicted octanol–water partition coefficient (Wildman–Crippen LogP) is 3.20. The van der Waals surface area contributed by atoms with E-state index in [0.29, 0.717) is 22.4 Å². The molecule has 1 N–H and O–H groups in total. The monoisotopic (exact) mass is 346 g/mol. The Hall–Kier alpha value is -0.520. The van der Waals surface area contributed by atoms with E-state index in [9.17, 15) is 0 Å². The summed E-state index contributed by atoms with van der Waals surface area (Å²) in [6.45, 7) is 9.12. The summed E-state index contributed by atoms with van der Waals surface area (Å²) in [4.78, 5) is 2.44. The van der Waals surface area contributed by atoms with E-state index >= 15 is 0 Å². The first-order valence-electron chi connectivity index (χ1n) is 7.82. The molecule has 22 heavy (non-hydrogen) atoms. The molecule has 1 heterocycles. The van der Waals surface area contributed by atoms with Crippen LogP contribution < -0.4 is 10.1 Å². The van der Waals surface area contributed by atoms with Gasteiger partial charge in [-0.2, -0.15) is 0 Å². The third-order valence-electron chi connectivity index (χ3n) is 3.61. The lowest BCUT2D eigenvalue weighted by Crippen LogP contribution is -2.37. The number of morpholine rings is 1. The van der Waals surface area contributed by atoms with E-state index in [4.69, 9.17) is 32.7 Å². The Morgan fingerprint density at radius 2 is 1.91 bits per heavy atom. The molecule has 1 fully saturated rings. The summed E-state index contributed by atoms with van der Waals surface area (Å²) in [6, 6.07) is 3.82. The predicted molar refractivity (Wildman–Crippen MR) is 91.2 cm³/mol. The second kappa shape index (κ2) is 9.58. The van der Waals surface area contributed by atoms with Gasteiger partial charge in [0.1, 0.15) is 0 Å². The summed E-state index contributed by atoms with van der Waals surface area (Å²) in [6.07, 6.45) is 1.12. The van der Waals surface area contributed by atoms with Crippen LogP contribution in [0.25, 0.3) is 0 Å². The molecular weight excluding hydrogens is 323 g/mol. The second-order valence-electron chi connectivity index (χ2n) is 5.31. The van der Waals surface area contributed by atoms with Crippen molar-refractivity contribution in [1.82, 2.24) is 10.2 Å². The van der Waals surface area contributed by atoms with Gasteiger partial charge >= 0.3 is 0 Å². The molecule has 1 aliphatic heterocycles. The van der Waals surface area contributed by atoms with Gasteiger partial charge in [0.05, 0.1) is 29.9 Å². The number of benzene rings is 1. The highest BCUT2D eigenvalue weighted by atomic mass is 35.5. The third-order valence-corrected chi connectivity index (χ3v) is 4.17. The van der Waals surface area contributed by atoms with Gasteiger partial charge in [-0.15, -0.1) is 0 Å². The minimum atomic E-state index is 0.554. The maximum absolute atomic E-state index is 6.20. The molecule has 0 aromatic heterocycles. The van der Waals surface area contributed by atoms with Crippen LogP contribution in [0.4, 0.5) is 0 Å². The van der Waals surface area contributed by atoms with Crippen LogP contribution in [-0.2, 0) is 11.3 Å². The molecule has 1 aromatic rings. The van der Waals surface area contributed by atoms with Gasteiger partial charge in [0.15, 0.2) is 5.75 Å². The molecule has 0 spiro atoms. The maximum atomic E-state index is 6.20. The van der Waals surface area contributed by atoms with Gasteiger partial charge in [-0.05, 0) is 44.1 Å². The number of hydrogen-bond acceptors (Lipinski definition) is 4. The largest absolute Gasteiger partial charge is 0.491 e. The first-order chi connectivity index (χ1) is 10.7. The molecule has 0 unspecified atom stereocenters. The van der Waals surface area contributed by atoms with E-state index in [1.54, 1.807) is 0 Å². The normalized spacial score (nSPS) is 16.0. The number of nitrogens with one attached hydrogen (secondary N) is 1. The molecule has 0 amide bonds. The molecule has 0 radical (unpaired) electrons. The topological polar surface area (TPSA) is 33.7 Å². The van der Waals surface area contributed by atoms with E-state index in [1.807, 2.05) is 19.1 Å². The Kier molecular flexibility index (Phi) is 7.76. The Morgan fingerprint density at radius 1 is 1.23 bits per heavy atom. The van der Waals surface area contributed by atoms with Gasteiger partial charge in [0, 0.05) is 19.6 Å². The second-order valence-corrected chi connectivity index (χ2v) is 6.12. The summed E-state index contributed by atoms with van der Waals surface area (Å²) >= 11 is 12.4. The third kappa shape index (κ3) is 5.60. The van der Waals surface area contributed by atoms with Gasteiger partial charge in [-0.25, -0.2) is 0 Å². The molecule has 6 heteroatoms. The summed E-state index contributed by atoms with van der Waals surface area (Å²) in [7, 11) is 0. The van der Waals surface area contributed by atoms with Gasteiger partial charge in [-0.3, -0.25) is 4.90 Å². The first kappa shape index (κ1) is 17.8. The molecular formula is C16H24Cl2N2O2. The molecule has 0 bridgehead atoms. The van der Waals surface area contributed by atoms with Gasteiger partial charge in [0.2, 0.25) is 0 Å². The Labute approximate surface area is 142 Å². The summed E-state index contributed by atoms with van der Waals surface area (Å²) in [5, 5.41) is 4.57. The number of rotatable bonds is 8. The van der Waals surface area contributed by atoms with E-state index < -0.39 is 0 Å². The van der Waals surface area contributed by atoms with Crippen LogP contribution >= 0.6 is 23.2 Å². The number of nitrogens with zero attached hydrogens (tertiary/aromatic N) is 1. The van der Waals surface area contributed by atoms with E-state index in [2.05, 4.69) is 10.2 Å².